The summed E-state index contributed by atoms with van der Waals surface area (Å²) in [4.78, 5) is 11.1. The summed E-state index contributed by atoms with van der Waals surface area (Å²) in [5.74, 6) is -0.350. The Morgan fingerprint density at radius 1 is 1.31 bits per heavy atom. The minimum absolute atomic E-state index is 0.170. The fraction of sp³-hybridized carbons (Fsp3) is 0.182. The monoisotopic (exact) mass is 218 g/mol. The van der Waals surface area contributed by atoms with Crippen LogP contribution in [0.1, 0.15) is 21.8 Å². The lowest BCUT2D eigenvalue weighted by Crippen LogP contribution is -2.01. The molecule has 0 spiro atoms. The van der Waals surface area contributed by atoms with E-state index >= 15 is 0 Å². The van der Waals surface area contributed by atoms with E-state index in [1.807, 2.05) is 0 Å². The average molecular weight is 218 g/mol. The van der Waals surface area contributed by atoms with E-state index < -0.39 is 5.97 Å². The Hall–Kier alpha value is -2.17. The van der Waals surface area contributed by atoms with Crippen LogP contribution in [-0.2, 0) is 0 Å². The lowest BCUT2D eigenvalue weighted by Gasteiger charge is -2.04. The molecular weight excluding hydrogens is 208 g/mol. The normalized spacial score (nSPS) is 10.4. The summed E-state index contributed by atoms with van der Waals surface area (Å²) in [5.41, 5.74) is 1.45. The molecule has 0 aliphatic rings. The smallest absolute Gasteiger partial charge is 0.336 e. The molecule has 16 heavy (non-hydrogen) atoms. The summed E-state index contributed by atoms with van der Waals surface area (Å²) >= 11 is 0. The number of nitrogens with zero attached hydrogens (tertiary/aromatic N) is 2. The van der Waals surface area contributed by atoms with E-state index in [0.29, 0.717) is 11.5 Å². The molecule has 0 saturated carbocycles. The second kappa shape index (κ2) is 3.77. The second-order valence-electron chi connectivity index (χ2n) is 3.43. The first-order valence-corrected chi connectivity index (χ1v) is 4.73. The molecule has 0 bridgehead atoms. The van der Waals surface area contributed by atoms with Gasteiger partial charge >= 0.3 is 5.97 Å². The van der Waals surface area contributed by atoms with Gasteiger partial charge in [0.1, 0.15) is 0 Å². The summed E-state index contributed by atoms with van der Waals surface area (Å²) < 4.78 is 5.26. The van der Waals surface area contributed by atoms with Gasteiger partial charge in [-0.15, -0.1) is 10.2 Å². The van der Waals surface area contributed by atoms with Gasteiger partial charge in [0.2, 0.25) is 11.8 Å². The summed E-state index contributed by atoms with van der Waals surface area (Å²) in [6.45, 7) is 3.47. The van der Waals surface area contributed by atoms with Crippen LogP contribution in [-0.4, -0.2) is 21.3 Å². The van der Waals surface area contributed by atoms with Crippen molar-refractivity contribution in [2.75, 3.05) is 0 Å². The first kappa shape index (κ1) is 10.4. The van der Waals surface area contributed by atoms with Crippen molar-refractivity contribution in [2.45, 2.75) is 13.8 Å². The van der Waals surface area contributed by atoms with Crippen LogP contribution in [0.4, 0.5) is 0 Å². The highest BCUT2D eigenvalue weighted by Crippen LogP contribution is 2.26. The first-order chi connectivity index (χ1) is 7.59. The van der Waals surface area contributed by atoms with Crippen molar-refractivity contribution in [3.8, 4) is 11.5 Å². The summed E-state index contributed by atoms with van der Waals surface area (Å²) in [6, 6.07) is 5.01. The molecule has 0 unspecified atom stereocenters. The average Bonchev–Trinajstić information content (AvgIpc) is 2.64. The van der Waals surface area contributed by atoms with Crippen LogP contribution in [0.5, 0.6) is 0 Å². The number of aryl methyl sites for hydroxylation is 2. The Morgan fingerprint density at radius 3 is 2.62 bits per heavy atom. The molecule has 0 saturated heterocycles. The van der Waals surface area contributed by atoms with E-state index in [9.17, 15) is 4.79 Å². The third-order valence-corrected chi connectivity index (χ3v) is 2.24. The van der Waals surface area contributed by atoms with E-state index in [0.717, 1.165) is 5.56 Å². The Bertz CT molecular complexity index is 546. The zero-order valence-corrected chi connectivity index (χ0v) is 8.89. The van der Waals surface area contributed by atoms with Gasteiger partial charge in [0.15, 0.2) is 0 Å². The quantitative estimate of drug-likeness (QED) is 0.834. The predicted octanol–water partition coefficient (Wildman–Crippen LogP) is 2.05. The van der Waals surface area contributed by atoms with Gasteiger partial charge in [-0.3, -0.25) is 0 Å². The van der Waals surface area contributed by atoms with Gasteiger partial charge in [-0.2, -0.15) is 0 Å². The van der Waals surface area contributed by atoms with Crippen LogP contribution >= 0.6 is 0 Å². The number of hydrogen-bond acceptors (Lipinski definition) is 4. The van der Waals surface area contributed by atoms with Crippen LogP contribution in [0, 0.1) is 13.8 Å². The molecule has 2 rings (SSSR count). The maximum absolute atomic E-state index is 11.1. The van der Waals surface area contributed by atoms with Crippen LogP contribution in [0.3, 0.4) is 0 Å². The van der Waals surface area contributed by atoms with Gasteiger partial charge in [-0.25, -0.2) is 4.79 Å². The van der Waals surface area contributed by atoms with Crippen LogP contribution < -0.4 is 0 Å². The fourth-order valence-corrected chi connectivity index (χ4v) is 1.53. The van der Waals surface area contributed by atoms with Crippen molar-refractivity contribution in [3.63, 3.8) is 0 Å². The van der Waals surface area contributed by atoms with Crippen molar-refractivity contribution in [1.82, 2.24) is 10.2 Å². The molecule has 0 fully saturated rings. The SMILES string of the molecule is Cc1nnc(-c2c(C)cccc2C(=O)O)o1. The molecule has 1 aromatic carbocycles. The van der Waals surface area contributed by atoms with Crippen molar-refractivity contribution in [1.29, 1.82) is 0 Å². The highest BCUT2D eigenvalue weighted by atomic mass is 16.4. The Morgan fingerprint density at radius 2 is 2.06 bits per heavy atom. The Labute approximate surface area is 91.7 Å². The standard InChI is InChI=1S/C11H10N2O3/c1-6-4-3-5-8(11(14)15)9(6)10-13-12-7(2)16-10/h3-5H,1-2H3,(H,14,15). The molecule has 5 nitrogen and oxygen atoms in total. The summed E-state index contributed by atoms with van der Waals surface area (Å²) in [7, 11) is 0. The number of aromatic carboxylic acids is 1. The number of hydrogen-bond donors (Lipinski definition) is 1. The number of rotatable bonds is 2. The zero-order chi connectivity index (χ0) is 11.7. The van der Waals surface area contributed by atoms with Crippen molar-refractivity contribution in [3.05, 3.63) is 35.2 Å². The van der Waals surface area contributed by atoms with E-state index in [-0.39, 0.29) is 11.5 Å². The maximum Gasteiger partial charge on any atom is 0.336 e. The molecule has 0 radical (unpaired) electrons. The minimum atomic E-state index is -1.01. The second-order valence-corrected chi connectivity index (χ2v) is 3.43. The van der Waals surface area contributed by atoms with E-state index in [2.05, 4.69) is 10.2 Å². The Kier molecular flexibility index (Phi) is 2.44. The van der Waals surface area contributed by atoms with Gasteiger partial charge in [0, 0.05) is 6.92 Å². The zero-order valence-electron chi connectivity index (χ0n) is 8.89. The molecular formula is C11H10N2O3. The minimum Gasteiger partial charge on any atom is -0.478 e. The molecule has 1 heterocycles. The molecule has 0 amide bonds. The van der Waals surface area contributed by atoms with Gasteiger partial charge in [-0.05, 0) is 18.6 Å². The predicted molar refractivity (Wildman–Crippen MR) is 56.2 cm³/mol. The lowest BCUT2D eigenvalue weighted by atomic mass is 10.0. The molecule has 5 heteroatoms. The van der Waals surface area contributed by atoms with E-state index in [4.69, 9.17) is 9.52 Å². The number of benzene rings is 1. The van der Waals surface area contributed by atoms with Crippen molar-refractivity contribution >= 4 is 5.97 Å². The lowest BCUT2D eigenvalue weighted by molar-refractivity contribution is 0.0697. The third-order valence-electron chi connectivity index (χ3n) is 2.24. The highest BCUT2D eigenvalue weighted by Gasteiger charge is 2.18. The van der Waals surface area contributed by atoms with Gasteiger partial charge in [0.05, 0.1) is 11.1 Å². The topological polar surface area (TPSA) is 76.2 Å². The number of carbonyl (C=O) groups is 1. The van der Waals surface area contributed by atoms with Crippen LogP contribution in [0.2, 0.25) is 0 Å². The van der Waals surface area contributed by atoms with E-state index in [1.165, 1.54) is 6.07 Å². The molecule has 0 aliphatic heterocycles. The largest absolute Gasteiger partial charge is 0.478 e. The summed E-state index contributed by atoms with van der Waals surface area (Å²) in [5, 5.41) is 16.6. The van der Waals surface area contributed by atoms with Gasteiger partial charge in [0.25, 0.3) is 0 Å². The Balaban J connectivity index is 2.67. The first-order valence-electron chi connectivity index (χ1n) is 4.73. The van der Waals surface area contributed by atoms with Crippen LogP contribution in [0.25, 0.3) is 11.5 Å². The van der Waals surface area contributed by atoms with Gasteiger partial charge < -0.3 is 9.52 Å². The number of carboxylic acids is 1. The molecule has 0 aliphatic carbocycles. The summed E-state index contributed by atoms with van der Waals surface area (Å²) in [6.07, 6.45) is 0. The van der Waals surface area contributed by atoms with Crippen molar-refractivity contribution < 1.29 is 14.3 Å². The molecule has 82 valence electrons. The number of aromatic nitrogens is 2. The van der Waals surface area contributed by atoms with E-state index in [1.54, 1.807) is 26.0 Å². The fourth-order valence-electron chi connectivity index (χ4n) is 1.53. The third kappa shape index (κ3) is 1.67. The maximum atomic E-state index is 11.1. The highest BCUT2D eigenvalue weighted by molar-refractivity contribution is 5.95. The molecule has 1 N–H and O–H groups in total. The molecule has 1 aromatic heterocycles. The van der Waals surface area contributed by atoms with Crippen molar-refractivity contribution in [2.24, 2.45) is 0 Å². The molecule has 2 aromatic rings. The van der Waals surface area contributed by atoms with Crippen LogP contribution in [0.15, 0.2) is 22.6 Å². The van der Waals surface area contributed by atoms with Gasteiger partial charge in [-0.1, -0.05) is 12.1 Å². The molecule has 0 atom stereocenters. The number of carboxylic acid groups (broad SMARTS) is 1.